The third kappa shape index (κ3) is 3.38. The molecule has 4 nitrogen and oxygen atoms in total. The molecule has 102 valence electrons. The summed E-state index contributed by atoms with van der Waals surface area (Å²) in [6.45, 7) is 2.42. The van der Waals surface area contributed by atoms with E-state index in [4.69, 9.17) is 4.74 Å². The number of hydrogen-bond donors (Lipinski definition) is 1. The van der Waals surface area contributed by atoms with Gasteiger partial charge < -0.3 is 10.1 Å². The fourth-order valence-corrected chi connectivity index (χ4v) is 2.11. The zero-order chi connectivity index (χ0) is 13.8. The molecule has 1 heterocycles. The van der Waals surface area contributed by atoms with E-state index in [0.29, 0.717) is 18.8 Å². The predicted octanol–water partition coefficient (Wildman–Crippen LogP) is 2.39. The minimum atomic E-state index is -0.486. The molecule has 2 rings (SSSR count). The Bertz CT molecular complexity index is 495. The number of carbonyl (C=O) groups excluding carboxylic acids is 2. The third-order valence-corrected chi connectivity index (χ3v) is 3.15. The number of carbonyl (C=O) groups is 2. The van der Waals surface area contributed by atoms with Crippen LogP contribution in [0.2, 0.25) is 0 Å². The van der Waals surface area contributed by atoms with Crippen molar-refractivity contribution in [3.05, 3.63) is 29.6 Å². The van der Waals surface area contributed by atoms with E-state index >= 15 is 0 Å². The first-order valence-electron chi connectivity index (χ1n) is 6.27. The zero-order valence-corrected chi connectivity index (χ0v) is 10.7. The number of rotatable bonds is 3. The van der Waals surface area contributed by atoms with Gasteiger partial charge in [-0.2, -0.15) is 0 Å². The van der Waals surface area contributed by atoms with E-state index in [1.165, 1.54) is 19.1 Å². The Labute approximate surface area is 110 Å². The molecule has 1 amide bonds. The van der Waals surface area contributed by atoms with Gasteiger partial charge in [-0.1, -0.05) is 0 Å². The molecule has 0 bridgehead atoms. The van der Waals surface area contributed by atoms with E-state index in [0.717, 1.165) is 18.9 Å². The van der Waals surface area contributed by atoms with E-state index < -0.39 is 5.82 Å². The lowest BCUT2D eigenvalue weighted by molar-refractivity contribution is -0.123. The fourth-order valence-electron chi connectivity index (χ4n) is 2.11. The summed E-state index contributed by atoms with van der Waals surface area (Å²) in [5, 5.41) is 2.62. The van der Waals surface area contributed by atoms with Gasteiger partial charge in [0.15, 0.2) is 5.78 Å². The van der Waals surface area contributed by atoms with Crippen molar-refractivity contribution in [2.75, 3.05) is 18.5 Å². The average molecular weight is 265 g/mol. The molecule has 1 aliphatic rings. The van der Waals surface area contributed by atoms with E-state index in [1.807, 2.05) is 0 Å². The van der Waals surface area contributed by atoms with Gasteiger partial charge in [0.05, 0.1) is 18.2 Å². The maximum absolute atomic E-state index is 13.2. The molecular weight excluding hydrogens is 249 g/mol. The highest BCUT2D eigenvalue weighted by molar-refractivity contribution is 6.04. The van der Waals surface area contributed by atoms with Gasteiger partial charge in [0, 0.05) is 12.2 Å². The minimum Gasteiger partial charge on any atom is -0.381 e. The molecule has 1 aromatic rings. The Morgan fingerprint density at radius 3 is 2.84 bits per heavy atom. The van der Waals surface area contributed by atoms with Crippen molar-refractivity contribution in [3.63, 3.8) is 0 Å². The van der Waals surface area contributed by atoms with Gasteiger partial charge in [-0.15, -0.1) is 0 Å². The van der Waals surface area contributed by atoms with Crippen LogP contribution in [-0.2, 0) is 9.53 Å². The Kier molecular flexibility index (Phi) is 4.27. The Morgan fingerprint density at radius 1 is 1.42 bits per heavy atom. The molecule has 19 heavy (non-hydrogen) atoms. The smallest absolute Gasteiger partial charge is 0.229 e. The van der Waals surface area contributed by atoms with Crippen LogP contribution in [0.15, 0.2) is 18.2 Å². The van der Waals surface area contributed by atoms with Crippen molar-refractivity contribution in [1.82, 2.24) is 0 Å². The van der Waals surface area contributed by atoms with Crippen molar-refractivity contribution in [1.29, 1.82) is 0 Å². The van der Waals surface area contributed by atoms with Gasteiger partial charge >= 0.3 is 0 Å². The van der Waals surface area contributed by atoms with Gasteiger partial charge in [0.1, 0.15) is 5.82 Å². The van der Waals surface area contributed by atoms with Crippen molar-refractivity contribution in [3.8, 4) is 0 Å². The summed E-state index contributed by atoms with van der Waals surface area (Å²) in [7, 11) is 0. The predicted molar refractivity (Wildman–Crippen MR) is 68.6 cm³/mol. The van der Waals surface area contributed by atoms with Crippen LogP contribution in [0.5, 0.6) is 0 Å². The lowest BCUT2D eigenvalue weighted by Crippen LogP contribution is -2.30. The van der Waals surface area contributed by atoms with Crippen LogP contribution in [0.25, 0.3) is 0 Å². The Hall–Kier alpha value is -1.75. The molecule has 0 aromatic heterocycles. The number of ketones is 1. The van der Waals surface area contributed by atoms with Crippen LogP contribution in [0.4, 0.5) is 10.1 Å². The minimum absolute atomic E-state index is 0.213. The molecule has 1 aromatic carbocycles. The average Bonchev–Trinajstić information content (AvgIpc) is 2.39. The second-order valence-electron chi connectivity index (χ2n) is 4.65. The molecule has 1 atom stereocenters. The summed E-state index contributed by atoms with van der Waals surface area (Å²) < 4.78 is 18.5. The lowest BCUT2D eigenvalue weighted by Gasteiger charge is -2.21. The Morgan fingerprint density at radius 2 is 2.21 bits per heavy atom. The van der Waals surface area contributed by atoms with Gasteiger partial charge in [0.2, 0.25) is 5.91 Å². The van der Waals surface area contributed by atoms with Crippen LogP contribution in [0, 0.1) is 11.7 Å². The second-order valence-corrected chi connectivity index (χ2v) is 4.65. The highest BCUT2D eigenvalue weighted by atomic mass is 19.1. The fraction of sp³-hybridized carbons (Fsp3) is 0.429. The monoisotopic (exact) mass is 265 g/mol. The number of benzene rings is 1. The van der Waals surface area contributed by atoms with E-state index in [-0.39, 0.29) is 23.3 Å². The normalized spacial score (nSPS) is 18.9. The molecule has 1 aliphatic heterocycles. The number of halogens is 1. The quantitative estimate of drug-likeness (QED) is 0.854. The first-order chi connectivity index (χ1) is 9.08. The van der Waals surface area contributed by atoms with Crippen molar-refractivity contribution < 1.29 is 18.7 Å². The van der Waals surface area contributed by atoms with E-state index in [1.54, 1.807) is 0 Å². The van der Waals surface area contributed by atoms with Crippen molar-refractivity contribution >= 4 is 17.4 Å². The van der Waals surface area contributed by atoms with E-state index in [2.05, 4.69) is 5.32 Å². The Balaban J connectivity index is 2.15. The molecule has 1 fully saturated rings. The van der Waals surface area contributed by atoms with Gasteiger partial charge in [0.25, 0.3) is 0 Å². The third-order valence-electron chi connectivity index (χ3n) is 3.15. The molecule has 1 saturated heterocycles. The molecule has 0 radical (unpaired) electrons. The molecule has 5 heteroatoms. The molecule has 0 aliphatic carbocycles. The number of hydrogen-bond acceptors (Lipinski definition) is 3. The maximum atomic E-state index is 13.2. The highest BCUT2D eigenvalue weighted by Gasteiger charge is 2.23. The molecule has 0 spiro atoms. The largest absolute Gasteiger partial charge is 0.381 e. The standard InChI is InChI=1S/C14H16FNO3/c1-9(17)12-5-4-11(15)7-13(12)16-14(18)10-3-2-6-19-8-10/h4-5,7,10H,2-3,6,8H2,1H3,(H,16,18)/t10-/m1/s1. The summed E-state index contributed by atoms with van der Waals surface area (Å²) in [6, 6.07) is 3.75. The molecule has 1 N–H and O–H groups in total. The number of amides is 1. The van der Waals surface area contributed by atoms with Crippen LogP contribution >= 0.6 is 0 Å². The number of anilines is 1. The highest BCUT2D eigenvalue weighted by Crippen LogP contribution is 2.21. The van der Waals surface area contributed by atoms with Crippen LogP contribution in [0.3, 0.4) is 0 Å². The van der Waals surface area contributed by atoms with Crippen molar-refractivity contribution in [2.24, 2.45) is 5.92 Å². The molecule has 0 unspecified atom stereocenters. The summed E-state index contributed by atoms with van der Waals surface area (Å²) >= 11 is 0. The number of Topliss-reactive ketones (excluding diaryl/α,β-unsaturated/α-hetero) is 1. The first kappa shape index (κ1) is 13.7. The summed E-state index contributed by atoms with van der Waals surface area (Å²) in [5.41, 5.74) is 0.537. The molecule has 0 saturated carbocycles. The van der Waals surface area contributed by atoms with Crippen LogP contribution < -0.4 is 5.32 Å². The second kappa shape index (κ2) is 5.93. The van der Waals surface area contributed by atoms with Crippen LogP contribution in [-0.4, -0.2) is 24.9 Å². The number of ether oxygens (including phenoxy) is 1. The first-order valence-corrected chi connectivity index (χ1v) is 6.27. The van der Waals surface area contributed by atoms with Crippen LogP contribution in [0.1, 0.15) is 30.1 Å². The lowest BCUT2D eigenvalue weighted by atomic mass is 10.0. The van der Waals surface area contributed by atoms with Crippen molar-refractivity contribution in [2.45, 2.75) is 19.8 Å². The summed E-state index contributed by atoms with van der Waals surface area (Å²) in [5.74, 6) is -1.17. The summed E-state index contributed by atoms with van der Waals surface area (Å²) in [4.78, 5) is 23.5. The molecular formula is C14H16FNO3. The van der Waals surface area contributed by atoms with Gasteiger partial charge in [-0.3, -0.25) is 9.59 Å². The van der Waals surface area contributed by atoms with E-state index in [9.17, 15) is 14.0 Å². The topological polar surface area (TPSA) is 55.4 Å². The van der Waals surface area contributed by atoms with Gasteiger partial charge in [-0.05, 0) is 38.0 Å². The SMILES string of the molecule is CC(=O)c1ccc(F)cc1NC(=O)[C@@H]1CCCOC1. The van der Waals surface area contributed by atoms with Gasteiger partial charge in [-0.25, -0.2) is 4.39 Å². The zero-order valence-electron chi connectivity index (χ0n) is 10.7. The number of nitrogens with one attached hydrogen (secondary N) is 1. The maximum Gasteiger partial charge on any atom is 0.229 e. The summed E-state index contributed by atoms with van der Waals surface area (Å²) in [6.07, 6.45) is 1.58.